The second-order valence-electron chi connectivity index (χ2n) is 7.02. The predicted octanol–water partition coefficient (Wildman–Crippen LogP) is 3.52. The van der Waals surface area contributed by atoms with Gasteiger partial charge in [-0.25, -0.2) is 9.18 Å². The van der Waals surface area contributed by atoms with Gasteiger partial charge in [-0.1, -0.05) is 6.08 Å². The van der Waals surface area contributed by atoms with Crippen molar-refractivity contribution >= 4 is 22.6 Å². The second-order valence-corrected chi connectivity index (χ2v) is 7.02. The van der Waals surface area contributed by atoms with Crippen molar-refractivity contribution in [2.75, 3.05) is 18.9 Å². The maximum absolute atomic E-state index is 13.6. The summed E-state index contributed by atoms with van der Waals surface area (Å²) >= 11 is 0. The van der Waals surface area contributed by atoms with Crippen LogP contribution in [0.25, 0.3) is 16.5 Å². The maximum atomic E-state index is 13.6. The van der Waals surface area contributed by atoms with E-state index in [1.807, 2.05) is 26.8 Å². The number of hydrogen-bond acceptors (Lipinski definition) is 3. The molecule has 0 saturated carbocycles. The molecule has 1 aromatic carbocycles. The van der Waals surface area contributed by atoms with Crippen LogP contribution in [-0.4, -0.2) is 34.4 Å². The molecule has 3 rings (SSSR count). The molecule has 0 radical (unpaired) electrons. The Morgan fingerprint density at radius 1 is 1.33 bits per heavy atom. The van der Waals surface area contributed by atoms with E-state index in [0.717, 1.165) is 22.0 Å². The molecule has 1 amide bonds. The molecule has 2 aromatic rings. The van der Waals surface area contributed by atoms with Gasteiger partial charge in [0, 0.05) is 30.2 Å². The predicted molar refractivity (Wildman–Crippen MR) is 92.4 cm³/mol. The molecule has 0 atom stereocenters. The van der Waals surface area contributed by atoms with E-state index in [0.29, 0.717) is 19.5 Å². The summed E-state index contributed by atoms with van der Waals surface area (Å²) in [4.78, 5) is 13.8. The van der Waals surface area contributed by atoms with Gasteiger partial charge in [0.15, 0.2) is 0 Å². The summed E-state index contributed by atoms with van der Waals surface area (Å²) in [5.74, 6) is 5.67. The standard InChI is InChI=1S/C18H22FN3O2/c1-18(2,3)24-17(23)21-8-6-12(7-9-21)15-11-22(20)16-5-4-13(19)10-14(15)16/h4-6,10-11H,7-9,20H2,1-3H3. The molecule has 0 fully saturated rings. The molecular formula is C18H22FN3O2. The number of carbonyl (C=O) groups excluding carboxylic acids is 1. The van der Waals surface area contributed by atoms with Crippen molar-refractivity contribution in [2.45, 2.75) is 32.8 Å². The number of amides is 1. The average molecular weight is 331 g/mol. The molecule has 128 valence electrons. The Morgan fingerprint density at radius 2 is 2.08 bits per heavy atom. The SMILES string of the molecule is CC(C)(C)OC(=O)N1CC=C(c2cn(N)c3ccc(F)cc23)CC1. The molecule has 6 heteroatoms. The van der Waals surface area contributed by atoms with Crippen LogP contribution < -0.4 is 5.84 Å². The fourth-order valence-electron chi connectivity index (χ4n) is 2.89. The highest BCUT2D eigenvalue weighted by Crippen LogP contribution is 2.31. The van der Waals surface area contributed by atoms with Gasteiger partial charge in [0.05, 0.1) is 5.52 Å². The van der Waals surface area contributed by atoms with Crippen molar-refractivity contribution in [1.29, 1.82) is 0 Å². The quantitative estimate of drug-likeness (QED) is 0.813. The fourth-order valence-corrected chi connectivity index (χ4v) is 2.89. The second kappa shape index (κ2) is 5.85. The number of benzene rings is 1. The van der Waals surface area contributed by atoms with Gasteiger partial charge in [-0.05, 0) is 51.0 Å². The topological polar surface area (TPSA) is 60.5 Å². The van der Waals surface area contributed by atoms with Gasteiger partial charge in [-0.3, -0.25) is 4.68 Å². The first kappa shape index (κ1) is 16.4. The Hall–Kier alpha value is -2.50. The van der Waals surface area contributed by atoms with Crippen molar-refractivity contribution in [3.8, 4) is 0 Å². The summed E-state index contributed by atoms with van der Waals surface area (Å²) in [6.07, 6.45) is 4.14. The minimum atomic E-state index is -0.508. The minimum Gasteiger partial charge on any atom is -0.444 e. The molecule has 0 unspecified atom stereocenters. The van der Waals surface area contributed by atoms with Crippen LogP contribution in [0.2, 0.25) is 0 Å². The normalized spacial score (nSPS) is 15.5. The van der Waals surface area contributed by atoms with Crippen LogP contribution in [0.3, 0.4) is 0 Å². The molecule has 1 aliphatic heterocycles. The number of aromatic nitrogens is 1. The molecule has 2 N–H and O–H groups in total. The lowest BCUT2D eigenvalue weighted by Gasteiger charge is -2.29. The van der Waals surface area contributed by atoms with E-state index < -0.39 is 5.60 Å². The Kier molecular flexibility index (Phi) is 3.99. The molecule has 0 saturated heterocycles. The number of rotatable bonds is 1. The van der Waals surface area contributed by atoms with E-state index in [1.165, 1.54) is 16.8 Å². The van der Waals surface area contributed by atoms with E-state index in [2.05, 4.69) is 0 Å². The summed E-state index contributed by atoms with van der Waals surface area (Å²) in [6, 6.07) is 4.56. The molecule has 1 aliphatic rings. The number of nitrogens with zero attached hydrogens (tertiary/aromatic N) is 2. The molecule has 1 aromatic heterocycles. The van der Waals surface area contributed by atoms with Crippen LogP contribution in [0.15, 0.2) is 30.5 Å². The monoisotopic (exact) mass is 331 g/mol. The summed E-state index contributed by atoms with van der Waals surface area (Å²) in [5, 5.41) is 0.787. The van der Waals surface area contributed by atoms with Crippen LogP contribution >= 0.6 is 0 Å². The fraction of sp³-hybridized carbons (Fsp3) is 0.389. The molecule has 24 heavy (non-hydrogen) atoms. The largest absolute Gasteiger partial charge is 0.444 e. The minimum absolute atomic E-state index is 0.290. The van der Waals surface area contributed by atoms with Crippen molar-refractivity contribution < 1.29 is 13.9 Å². The molecule has 5 nitrogen and oxygen atoms in total. The summed E-state index contributed by atoms with van der Waals surface area (Å²) in [5.41, 5.74) is 2.25. The number of fused-ring (bicyclic) bond motifs is 1. The molecule has 2 heterocycles. The van der Waals surface area contributed by atoms with E-state index >= 15 is 0 Å². The van der Waals surface area contributed by atoms with Crippen LogP contribution in [0, 0.1) is 5.82 Å². The highest BCUT2D eigenvalue weighted by atomic mass is 19.1. The highest BCUT2D eigenvalue weighted by Gasteiger charge is 2.24. The zero-order valence-corrected chi connectivity index (χ0v) is 14.2. The first-order valence-corrected chi connectivity index (χ1v) is 7.97. The van der Waals surface area contributed by atoms with E-state index in [1.54, 1.807) is 17.2 Å². The van der Waals surface area contributed by atoms with Crippen LogP contribution in [0.5, 0.6) is 0 Å². The van der Waals surface area contributed by atoms with Crippen LogP contribution in [-0.2, 0) is 4.74 Å². The van der Waals surface area contributed by atoms with Gasteiger partial charge in [-0.2, -0.15) is 0 Å². The third-order valence-corrected chi connectivity index (χ3v) is 4.00. The van der Waals surface area contributed by atoms with Gasteiger partial charge in [-0.15, -0.1) is 0 Å². The molecular weight excluding hydrogens is 309 g/mol. The first-order chi connectivity index (χ1) is 11.2. The van der Waals surface area contributed by atoms with Crippen molar-refractivity contribution in [2.24, 2.45) is 0 Å². The van der Waals surface area contributed by atoms with Gasteiger partial charge >= 0.3 is 6.09 Å². The van der Waals surface area contributed by atoms with Gasteiger partial charge in [0.2, 0.25) is 0 Å². The maximum Gasteiger partial charge on any atom is 0.410 e. The Balaban J connectivity index is 1.83. The summed E-state index contributed by atoms with van der Waals surface area (Å²) < 4.78 is 20.5. The summed E-state index contributed by atoms with van der Waals surface area (Å²) in [7, 11) is 0. The molecule has 0 bridgehead atoms. The van der Waals surface area contributed by atoms with E-state index in [9.17, 15) is 9.18 Å². The summed E-state index contributed by atoms with van der Waals surface area (Å²) in [6.45, 7) is 6.58. The number of nitrogen functional groups attached to an aromatic ring is 1. The number of carbonyl (C=O) groups is 1. The Bertz CT molecular complexity index is 818. The van der Waals surface area contributed by atoms with Crippen molar-refractivity contribution in [3.05, 3.63) is 41.9 Å². The highest BCUT2D eigenvalue weighted by molar-refractivity contribution is 5.93. The van der Waals surface area contributed by atoms with Crippen LogP contribution in [0.4, 0.5) is 9.18 Å². The van der Waals surface area contributed by atoms with E-state index in [-0.39, 0.29) is 11.9 Å². The Morgan fingerprint density at radius 3 is 2.71 bits per heavy atom. The van der Waals surface area contributed by atoms with E-state index in [4.69, 9.17) is 10.6 Å². The van der Waals surface area contributed by atoms with Gasteiger partial charge in [0.25, 0.3) is 0 Å². The third kappa shape index (κ3) is 3.22. The molecule has 0 aliphatic carbocycles. The third-order valence-electron chi connectivity index (χ3n) is 4.00. The smallest absolute Gasteiger partial charge is 0.410 e. The lowest BCUT2D eigenvalue weighted by atomic mass is 9.99. The first-order valence-electron chi connectivity index (χ1n) is 7.97. The number of ether oxygens (including phenoxy) is 1. The number of hydrogen-bond donors (Lipinski definition) is 1. The number of halogens is 1. The number of nitrogens with two attached hydrogens (primary N) is 1. The van der Waals surface area contributed by atoms with Crippen molar-refractivity contribution in [1.82, 2.24) is 9.58 Å². The Labute approximate surface area is 140 Å². The average Bonchev–Trinajstić information content (AvgIpc) is 2.82. The van der Waals surface area contributed by atoms with Gasteiger partial charge < -0.3 is 15.5 Å². The lowest BCUT2D eigenvalue weighted by Crippen LogP contribution is -2.39. The molecule has 0 spiro atoms. The van der Waals surface area contributed by atoms with Gasteiger partial charge in [0.1, 0.15) is 11.4 Å². The lowest BCUT2D eigenvalue weighted by molar-refractivity contribution is 0.0270. The van der Waals surface area contributed by atoms with Crippen LogP contribution in [0.1, 0.15) is 32.8 Å². The zero-order chi connectivity index (χ0) is 17.5. The van der Waals surface area contributed by atoms with Crippen molar-refractivity contribution in [3.63, 3.8) is 0 Å². The zero-order valence-electron chi connectivity index (χ0n) is 14.2.